The summed E-state index contributed by atoms with van der Waals surface area (Å²) < 4.78 is 27.7. The van der Waals surface area contributed by atoms with Crippen molar-refractivity contribution in [2.24, 2.45) is 0 Å². The van der Waals surface area contributed by atoms with Crippen LogP contribution in [0.25, 0.3) is 0 Å². The van der Waals surface area contributed by atoms with Crippen molar-refractivity contribution in [2.75, 3.05) is 29.2 Å². The summed E-state index contributed by atoms with van der Waals surface area (Å²) in [7, 11) is -1.70. The summed E-state index contributed by atoms with van der Waals surface area (Å²) >= 11 is 0. The third-order valence-corrected chi connectivity index (χ3v) is 5.95. The molecule has 9 heteroatoms. The molecule has 8 nitrogen and oxygen atoms in total. The molecule has 1 amide bonds. The Bertz CT molecular complexity index is 957. The van der Waals surface area contributed by atoms with Gasteiger partial charge in [0, 0.05) is 6.04 Å². The van der Waals surface area contributed by atoms with Gasteiger partial charge in [0.1, 0.15) is 5.69 Å². The summed E-state index contributed by atoms with van der Waals surface area (Å²) in [5, 5.41) is 5.75. The lowest BCUT2D eigenvalue weighted by molar-refractivity contribution is 0.0602. The van der Waals surface area contributed by atoms with Crippen LogP contribution in [0.1, 0.15) is 27.3 Å². The number of anilines is 2. The zero-order chi connectivity index (χ0) is 19.4. The topological polar surface area (TPSA) is 114 Å². The summed E-state index contributed by atoms with van der Waals surface area (Å²) in [4.78, 5) is 28.3. The number of benzene rings is 1. The van der Waals surface area contributed by atoms with Crippen molar-refractivity contribution in [3.8, 4) is 0 Å². The number of pyridine rings is 1. The van der Waals surface area contributed by atoms with Crippen LogP contribution in [0, 0.1) is 0 Å². The highest BCUT2D eigenvalue weighted by molar-refractivity contribution is 7.91. The minimum atomic E-state index is -2.97. The SMILES string of the molecule is COC(=O)c1ccccc1NC(=O)c1ccc(NC2CCS(=O)(=O)C2)cn1. The van der Waals surface area contributed by atoms with E-state index in [4.69, 9.17) is 4.74 Å². The number of sulfone groups is 1. The number of hydrogen-bond donors (Lipinski definition) is 2. The van der Waals surface area contributed by atoms with Crippen molar-refractivity contribution in [1.29, 1.82) is 0 Å². The van der Waals surface area contributed by atoms with E-state index in [1.807, 2.05) is 0 Å². The maximum absolute atomic E-state index is 12.4. The number of aromatic nitrogens is 1. The average molecular weight is 389 g/mol. The van der Waals surface area contributed by atoms with Gasteiger partial charge in [-0.3, -0.25) is 4.79 Å². The lowest BCUT2D eigenvalue weighted by atomic mass is 10.1. The fourth-order valence-electron chi connectivity index (χ4n) is 2.82. The Balaban J connectivity index is 1.67. The first-order valence-corrected chi connectivity index (χ1v) is 10.1. The van der Waals surface area contributed by atoms with E-state index in [0.29, 0.717) is 17.8 Å². The smallest absolute Gasteiger partial charge is 0.339 e. The van der Waals surface area contributed by atoms with Crippen LogP contribution in [-0.4, -0.2) is 49.9 Å². The van der Waals surface area contributed by atoms with Gasteiger partial charge < -0.3 is 15.4 Å². The monoisotopic (exact) mass is 389 g/mol. The van der Waals surface area contributed by atoms with E-state index in [1.54, 1.807) is 30.3 Å². The van der Waals surface area contributed by atoms with Gasteiger partial charge in [-0.1, -0.05) is 12.1 Å². The fraction of sp³-hybridized carbons (Fsp3) is 0.278. The zero-order valence-corrected chi connectivity index (χ0v) is 15.5. The Labute approximate surface area is 156 Å². The van der Waals surface area contributed by atoms with Crippen LogP contribution in [0.3, 0.4) is 0 Å². The van der Waals surface area contributed by atoms with E-state index in [1.165, 1.54) is 19.4 Å². The van der Waals surface area contributed by atoms with Crippen LogP contribution in [0.2, 0.25) is 0 Å². The Morgan fingerprint density at radius 2 is 1.96 bits per heavy atom. The lowest BCUT2D eigenvalue weighted by Crippen LogP contribution is -2.21. The summed E-state index contributed by atoms with van der Waals surface area (Å²) in [6.45, 7) is 0. The maximum atomic E-state index is 12.4. The molecule has 0 saturated carbocycles. The molecule has 0 bridgehead atoms. The number of amides is 1. The highest BCUT2D eigenvalue weighted by atomic mass is 32.2. The van der Waals surface area contributed by atoms with Gasteiger partial charge >= 0.3 is 5.97 Å². The van der Waals surface area contributed by atoms with Gasteiger partial charge in [-0.05, 0) is 30.7 Å². The number of para-hydroxylation sites is 1. The third-order valence-electron chi connectivity index (χ3n) is 4.18. The number of nitrogens with zero attached hydrogens (tertiary/aromatic N) is 1. The van der Waals surface area contributed by atoms with Crippen molar-refractivity contribution < 1.29 is 22.7 Å². The van der Waals surface area contributed by atoms with Gasteiger partial charge in [-0.25, -0.2) is 18.2 Å². The molecule has 2 aromatic rings. The number of rotatable bonds is 5. The van der Waals surface area contributed by atoms with E-state index in [0.717, 1.165) is 0 Å². The van der Waals surface area contributed by atoms with Gasteiger partial charge in [-0.15, -0.1) is 0 Å². The molecule has 2 heterocycles. The molecule has 27 heavy (non-hydrogen) atoms. The second-order valence-corrected chi connectivity index (χ2v) is 8.40. The highest BCUT2D eigenvalue weighted by Gasteiger charge is 2.27. The fourth-order valence-corrected chi connectivity index (χ4v) is 4.50. The maximum Gasteiger partial charge on any atom is 0.339 e. The van der Waals surface area contributed by atoms with Crippen LogP contribution < -0.4 is 10.6 Å². The van der Waals surface area contributed by atoms with Crippen molar-refractivity contribution in [3.05, 3.63) is 53.9 Å². The number of carbonyl (C=O) groups excluding carboxylic acids is 2. The molecule has 1 aliphatic rings. The predicted octanol–water partition coefficient (Wildman–Crippen LogP) is 1.72. The second kappa shape index (κ2) is 7.75. The molecule has 1 aliphatic heterocycles. The Hall–Kier alpha value is -2.94. The largest absolute Gasteiger partial charge is 0.465 e. The van der Waals surface area contributed by atoms with Crippen LogP contribution in [0.4, 0.5) is 11.4 Å². The molecule has 1 atom stereocenters. The molecule has 0 radical (unpaired) electrons. The van der Waals surface area contributed by atoms with E-state index in [9.17, 15) is 18.0 Å². The summed E-state index contributed by atoms with van der Waals surface area (Å²) in [6.07, 6.45) is 2.03. The van der Waals surface area contributed by atoms with Gasteiger partial charge in [0.25, 0.3) is 5.91 Å². The second-order valence-electron chi connectivity index (χ2n) is 6.17. The van der Waals surface area contributed by atoms with Gasteiger partial charge in [0.15, 0.2) is 9.84 Å². The minimum Gasteiger partial charge on any atom is -0.465 e. The average Bonchev–Trinajstić information content (AvgIpc) is 3.00. The first-order valence-electron chi connectivity index (χ1n) is 8.29. The number of methoxy groups -OCH3 is 1. The molecular weight excluding hydrogens is 370 g/mol. The summed E-state index contributed by atoms with van der Waals surface area (Å²) in [5.41, 5.74) is 1.38. The Morgan fingerprint density at radius 3 is 2.59 bits per heavy atom. The molecule has 0 spiro atoms. The minimum absolute atomic E-state index is 0.0968. The molecule has 2 N–H and O–H groups in total. The Morgan fingerprint density at radius 1 is 1.19 bits per heavy atom. The first kappa shape index (κ1) is 18.8. The quantitative estimate of drug-likeness (QED) is 0.748. The van der Waals surface area contributed by atoms with E-state index < -0.39 is 21.7 Å². The van der Waals surface area contributed by atoms with Crippen LogP contribution >= 0.6 is 0 Å². The standard InChI is InChI=1S/C18H19N3O5S/c1-26-18(23)14-4-2-3-5-15(14)21-17(22)16-7-6-12(10-19-16)20-13-8-9-27(24,25)11-13/h2-7,10,13,20H,8-9,11H2,1H3,(H,21,22). The molecule has 1 aromatic carbocycles. The van der Waals surface area contributed by atoms with Crippen molar-refractivity contribution in [2.45, 2.75) is 12.5 Å². The number of esters is 1. The zero-order valence-electron chi connectivity index (χ0n) is 14.6. The van der Waals surface area contributed by atoms with Crippen molar-refractivity contribution in [3.63, 3.8) is 0 Å². The molecular formula is C18H19N3O5S. The molecule has 3 rings (SSSR count). The van der Waals surface area contributed by atoms with Crippen LogP contribution in [0.15, 0.2) is 42.6 Å². The van der Waals surface area contributed by atoms with Crippen molar-refractivity contribution in [1.82, 2.24) is 4.98 Å². The first-order chi connectivity index (χ1) is 12.9. The van der Waals surface area contributed by atoms with E-state index >= 15 is 0 Å². The molecule has 1 aromatic heterocycles. The number of nitrogens with one attached hydrogen (secondary N) is 2. The summed E-state index contributed by atoms with van der Waals surface area (Å²) in [5.74, 6) is -0.746. The highest BCUT2D eigenvalue weighted by Crippen LogP contribution is 2.19. The Kier molecular flexibility index (Phi) is 5.41. The van der Waals surface area contributed by atoms with Crippen LogP contribution in [-0.2, 0) is 14.6 Å². The van der Waals surface area contributed by atoms with Gasteiger partial charge in [0.05, 0.1) is 41.8 Å². The number of hydrogen-bond acceptors (Lipinski definition) is 7. The predicted molar refractivity (Wildman–Crippen MR) is 101 cm³/mol. The normalized spacial score (nSPS) is 17.9. The molecule has 1 unspecified atom stereocenters. The van der Waals surface area contributed by atoms with Crippen molar-refractivity contribution >= 4 is 33.1 Å². The van der Waals surface area contributed by atoms with Gasteiger partial charge in [0.2, 0.25) is 0 Å². The van der Waals surface area contributed by atoms with E-state index in [-0.39, 0.29) is 28.8 Å². The number of ether oxygens (including phenoxy) is 1. The van der Waals surface area contributed by atoms with E-state index in [2.05, 4.69) is 15.6 Å². The number of carbonyl (C=O) groups is 2. The third kappa shape index (κ3) is 4.62. The lowest BCUT2D eigenvalue weighted by Gasteiger charge is -2.12. The molecule has 1 saturated heterocycles. The van der Waals surface area contributed by atoms with Gasteiger partial charge in [-0.2, -0.15) is 0 Å². The molecule has 0 aliphatic carbocycles. The molecule has 142 valence electrons. The molecule has 1 fully saturated rings. The van der Waals surface area contributed by atoms with Crippen LogP contribution in [0.5, 0.6) is 0 Å². The summed E-state index contributed by atoms with van der Waals surface area (Å²) in [6, 6.07) is 9.56.